The fraction of sp³-hybridized carbons (Fsp3) is 0.600. The van der Waals surface area contributed by atoms with E-state index in [0.29, 0.717) is 0 Å². The van der Waals surface area contributed by atoms with E-state index in [1.54, 1.807) is 13.2 Å². The van der Waals surface area contributed by atoms with Crippen molar-refractivity contribution in [3.63, 3.8) is 0 Å². The number of aliphatic imine (C=N–C) groups is 1. The third kappa shape index (κ3) is 7.09. The molecule has 0 aromatic rings. The zero-order chi connectivity index (χ0) is 13.5. The van der Waals surface area contributed by atoms with Gasteiger partial charge in [0.15, 0.2) is 0 Å². The minimum Gasteiger partial charge on any atom is -0.388 e. The normalized spacial score (nSPS) is 13.8. The van der Waals surface area contributed by atoms with E-state index >= 15 is 0 Å². The first-order chi connectivity index (χ1) is 7.81. The monoisotopic (exact) mass is 264 g/mol. The Morgan fingerprint density at radius 3 is 2.65 bits per heavy atom. The average molecular weight is 264 g/mol. The van der Waals surface area contributed by atoms with Crippen molar-refractivity contribution in [3.05, 3.63) is 10.9 Å². The van der Waals surface area contributed by atoms with E-state index in [1.807, 2.05) is 5.48 Å². The molecule has 0 fully saturated rings. The number of aliphatic hydroxyl groups is 1. The number of amides is 1. The first kappa shape index (κ1) is 16.1. The van der Waals surface area contributed by atoms with Gasteiger partial charge in [0.2, 0.25) is 5.95 Å². The van der Waals surface area contributed by atoms with Crippen molar-refractivity contribution in [2.24, 2.45) is 4.99 Å². The highest BCUT2D eigenvalue weighted by molar-refractivity contribution is 8.03. The minimum absolute atomic E-state index is 0.0981. The molecule has 98 valence electrons. The number of hydrogen-bond donors (Lipinski definition) is 2. The lowest BCUT2D eigenvalue weighted by Crippen LogP contribution is -2.33. The maximum Gasteiger partial charge on any atom is 0.285 e. The van der Waals surface area contributed by atoms with Crippen LogP contribution in [-0.4, -0.2) is 35.7 Å². The minimum atomic E-state index is -1.07. The molecule has 0 bridgehead atoms. The Morgan fingerprint density at radius 2 is 2.24 bits per heavy atom. The van der Waals surface area contributed by atoms with Crippen LogP contribution in [0.5, 0.6) is 0 Å². The van der Waals surface area contributed by atoms with Crippen molar-refractivity contribution in [1.29, 1.82) is 0 Å². The molecule has 0 aromatic heterocycles. The summed E-state index contributed by atoms with van der Waals surface area (Å²) in [6.45, 7) is 4.48. The molecular weight excluding hydrogens is 247 g/mol. The molecule has 0 aliphatic carbocycles. The van der Waals surface area contributed by atoms with E-state index in [9.17, 15) is 14.3 Å². The summed E-state index contributed by atoms with van der Waals surface area (Å²) in [5, 5.41) is 9.33. The summed E-state index contributed by atoms with van der Waals surface area (Å²) >= 11 is 0.920. The molecule has 0 rings (SSSR count). The van der Waals surface area contributed by atoms with Crippen molar-refractivity contribution in [1.82, 2.24) is 5.48 Å². The molecule has 0 unspecified atom stereocenters. The van der Waals surface area contributed by atoms with Crippen LogP contribution in [0, 0.1) is 0 Å². The number of halogens is 1. The topological polar surface area (TPSA) is 70.9 Å². The Kier molecular flexibility index (Phi) is 7.01. The summed E-state index contributed by atoms with van der Waals surface area (Å²) in [5.74, 6) is -1.60. The van der Waals surface area contributed by atoms with Crippen molar-refractivity contribution >= 4 is 23.9 Å². The van der Waals surface area contributed by atoms with Crippen LogP contribution < -0.4 is 5.48 Å². The second-order valence-electron chi connectivity index (χ2n) is 3.74. The summed E-state index contributed by atoms with van der Waals surface area (Å²) < 4.78 is 13.3. The molecule has 1 amide bonds. The third-order valence-electron chi connectivity index (χ3n) is 1.43. The van der Waals surface area contributed by atoms with E-state index in [-0.39, 0.29) is 11.5 Å². The van der Waals surface area contributed by atoms with Gasteiger partial charge in [0.05, 0.1) is 5.60 Å². The van der Waals surface area contributed by atoms with Gasteiger partial charge >= 0.3 is 0 Å². The number of carbonyl (C=O) groups is 1. The molecule has 17 heavy (non-hydrogen) atoms. The van der Waals surface area contributed by atoms with Crippen LogP contribution >= 0.6 is 11.8 Å². The first-order valence-electron chi connectivity index (χ1n) is 4.88. The molecule has 0 heterocycles. The second-order valence-corrected chi connectivity index (χ2v) is 4.56. The van der Waals surface area contributed by atoms with Gasteiger partial charge in [0.25, 0.3) is 5.91 Å². The van der Waals surface area contributed by atoms with E-state index in [0.717, 1.165) is 11.8 Å². The maximum atomic E-state index is 13.3. The van der Waals surface area contributed by atoms with Gasteiger partial charge in [-0.1, -0.05) is 0 Å². The Hall–Kier alpha value is -0.920. The molecule has 0 radical (unpaired) electrons. The van der Waals surface area contributed by atoms with E-state index in [1.165, 1.54) is 20.1 Å². The fourth-order valence-electron chi connectivity index (χ4n) is 0.767. The number of rotatable bonds is 6. The SMILES string of the molecule is CC=N/C(F)=C(\SC)C(=O)NOCC(C)(C)O. The summed E-state index contributed by atoms with van der Waals surface area (Å²) in [4.78, 5) is 19.4. The summed E-state index contributed by atoms with van der Waals surface area (Å²) in [6, 6.07) is 0. The number of thioether (sulfide) groups is 1. The number of nitrogens with zero attached hydrogens (tertiary/aromatic N) is 1. The summed E-state index contributed by atoms with van der Waals surface area (Å²) in [7, 11) is 0. The van der Waals surface area contributed by atoms with Crippen LogP contribution in [0.15, 0.2) is 15.8 Å². The van der Waals surface area contributed by atoms with Crippen molar-refractivity contribution in [3.8, 4) is 0 Å². The lowest BCUT2D eigenvalue weighted by atomic mass is 10.2. The highest BCUT2D eigenvalue weighted by atomic mass is 32.2. The second kappa shape index (κ2) is 7.41. The van der Waals surface area contributed by atoms with Gasteiger partial charge in [-0.3, -0.25) is 9.63 Å². The van der Waals surface area contributed by atoms with Crippen LogP contribution in [0.25, 0.3) is 0 Å². The highest BCUT2D eigenvalue weighted by Crippen LogP contribution is 2.19. The Morgan fingerprint density at radius 1 is 1.65 bits per heavy atom. The lowest BCUT2D eigenvalue weighted by Gasteiger charge is -2.16. The van der Waals surface area contributed by atoms with Gasteiger partial charge in [0.1, 0.15) is 11.5 Å². The van der Waals surface area contributed by atoms with Gasteiger partial charge in [-0.25, -0.2) is 10.5 Å². The smallest absolute Gasteiger partial charge is 0.285 e. The number of hydrogen-bond acceptors (Lipinski definition) is 5. The number of nitrogens with one attached hydrogen (secondary N) is 1. The molecule has 0 aromatic carbocycles. The first-order valence-corrected chi connectivity index (χ1v) is 6.11. The zero-order valence-corrected chi connectivity index (χ0v) is 11.1. The molecule has 0 atom stereocenters. The molecule has 2 N–H and O–H groups in total. The summed E-state index contributed by atoms with van der Waals surface area (Å²) in [5.41, 5.74) is 0.965. The van der Waals surface area contributed by atoms with E-state index in [4.69, 9.17) is 4.84 Å². The van der Waals surface area contributed by atoms with Gasteiger partial charge in [-0.05, 0) is 27.0 Å². The third-order valence-corrected chi connectivity index (χ3v) is 2.19. The zero-order valence-electron chi connectivity index (χ0n) is 10.3. The average Bonchev–Trinajstić information content (AvgIpc) is 2.17. The van der Waals surface area contributed by atoms with Gasteiger partial charge in [-0.2, -0.15) is 4.39 Å². The molecule has 0 spiro atoms. The number of hydroxylamine groups is 1. The largest absolute Gasteiger partial charge is 0.388 e. The highest BCUT2D eigenvalue weighted by Gasteiger charge is 2.17. The van der Waals surface area contributed by atoms with Crippen LogP contribution in [0.2, 0.25) is 0 Å². The quantitative estimate of drug-likeness (QED) is 0.329. The Labute approximate surface area is 104 Å². The van der Waals surface area contributed by atoms with Crippen molar-refractivity contribution < 1.29 is 19.1 Å². The van der Waals surface area contributed by atoms with E-state index < -0.39 is 17.5 Å². The molecule has 0 saturated carbocycles. The lowest BCUT2D eigenvalue weighted by molar-refractivity contribution is -0.134. The van der Waals surface area contributed by atoms with E-state index in [2.05, 4.69) is 4.99 Å². The van der Waals surface area contributed by atoms with Gasteiger partial charge < -0.3 is 5.11 Å². The molecule has 0 saturated heterocycles. The standard InChI is InChI=1S/C10H17FN2O3S/c1-5-12-8(11)7(17-4)9(14)13-16-6-10(2,3)15/h5,15H,6H2,1-4H3,(H,13,14)/b8-7-,12-5?. The number of carbonyl (C=O) groups excluding carboxylic acids is 1. The molecule has 0 aliphatic heterocycles. The maximum absolute atomic E-state index is 13.3. The van der Waals surface area contributed by atoms with Crippen molar-refractivity contribution in [2.75, 3.05) is 12.9 Å². The van der Waals surface area contributed by atoms with Crippen molar-refractivity contribution in [2.45, 2.75) is 26.4 Å². The molecule has 0 aliphatic rings. The fourth-order valence-corrected chi connectivity index (χ4v) is 1.22. The van der Waals surface area contributed by atoms with Gasteiger partial charge in [0, 0.05) is 6.21 Å². The molecule has 5 nitrogen and oxygen atoms in total. The summed E-state index contributed by atoms with van der Waals surface area (Å²) in [6.07, 6.45) is 2.80. The van der Waals surface area contributed by atoms with Crippen LogP contribution in [0.4, 0.5) is 4.39 Å². The molecular formula is C10H17FN2O3S. The molecule has 7 heteroatoms. The van der Waals surface area contributed by atoms with Gasteiger partial charge in [-0.15, -0.1) is 11.8 Å². The predicted molar refractivity (Wildman–Crippen MR) is 66.2 cm³/mol. The van der Waals surface area contributed by atoms with Crippen LogP contribution in [0.1, 0.15) is 20.8 Å². The predicted octanol–water partition coefficient (Wildman–Crippen LogP) is 1.40. The Bertz CT molecular complexity index is 324. The Balaban J connectivity index is 4.43. The van der Waals surface area contributed by atoms with Crippen LogP contribution in [0.3, 0.4) is 0 Å². The van der Waals surface area contributed by atoms with Crippen LogP contribution in [-0.2, 0) is 9.63 Å².